The number of carboxylic acids is 2. The topological polar surface area (TPSA) is 174 Å². The Hall–Kier alpha value is -2.56. The van der Waals surface area contributed by atoms with E-state index in [1.54, 1.807) is 12.3 Å². The molecule has 3 rings (SSSR count). The van der Waals surface area contributed by atoms with E-state index in [1.807, 2.05) is 6.07 Å². The summed E-state index contributed by atoms with van der Waals surface area (Å²) in [6.07, 6.45) is 0.466. The minimum absolute atomic E-state index is 0.359. The molecule has 1 aromatic heterocycles. The number of piperidine rings is 1. The van der Waals surface area contributed by atoms with Gasteiger partial charge in [0.25, 0.3) is 0 Å². The molecule has 1 aliphatic heterocycles. The van der Waals surface area contributed by atoms with Crippen LogP contribution in [-0.2, 0) is 9.59 Å². The monoisotopic (exact) mass is 367 g/mol. The molecule has 5 unspecified atom stereocenters. The third kappa shape index (κ3) is 4.15. The van der Waals surface area contributed by atoms with Gasteiger partial charge < -0.3 is 31.1 Å². The van der Waals surface area contributed by atoms with E-state index >= 15 is 0 Å². The summed E-state index contributed by atoms with van der Waals surface area (Å²) in [7, 11) is 0. The lowest BCUT2D eigenvalue weighted by atomic mass is 10.1. The summed E-state index contributed by atoms with van der Waals surface area (Å²) >= 11 is 0. The molecule has 0 bridgehead atoms. The van der Waals surface area contributed by atoms with E-state index in [2.05, 4.69) is 9.88 Å². The number of aldehydes is 1. The lowest BCUT2D eigenvalue weighted by molar-refractivity contribution is -0.165. The van der Waals surface area contributed by atoms with Crippen molar-refractivity contribution < 1.29 is 34.8 Å². The summed E-state index contributed by atoms with van der Waals surface area (Å²) in [6.45, 7) is 0.641. The van der Waals surface area contributed by atoms with Crippen molar-refractivity contribution >= 4 is 24.0 Å². The predicted octanol–water partition coefficient (Wildman–Crippen LogP) is -1.30. The highest BCUT2D eigenvalue weighted by atomic mass is 16.4. The Kier molecular flexibility index (Phi) is 6.24. The van der Waals surface area contributed by atoms with Crippen LogP contribution >= 0.6 is 0 Å². The van der Waals surface area contributed by atoms with Crippen LogP contribution in [0.4, 0.5) is 5.82 Å². The van der Waals surface area contributed by atoms with E-state index in [0.717, 1.165) is 24.4 Å². The SMILES string of the molecule is NCC1CC2CC2N1c1ncccc1C=O.O=C(O)C(O)C(O)C(=O)O. The molecule has 2 heterocycles. The Labute approximate surface area is 148 Å². The largest absolute Gasteiger partial charge is 0.479 e. The van der Waals surface area contributed by atoms with Crippen LogP contribution in [0.25, 0.3) is 0 Å². The molecule has 26 heavy (non-hydrogen) atoms. The fraction of sp³-hybridized carbons (Fsp3) is 0.500. The standard InChI is InChI=1S/C12H15N3O.C4H6O6/c13-6-10-4-9-5-11(9)15(10)12-8(7-16)2-1-3-14-12;5-1(3(7)8)2(6)4(9)10/h1-3,7,9-11H,4-6,13H2;1-2,5-6H,(H,7,8)(H,9,10). The van der Waals surface area contributed by atoms with Gasteiger partial charge in [0, 0.05) is 24.8 Å². The first kappa shape index (κ1) is 19.8. The van der Waals surface area contributed by atoms with Gasteiger partial charge >= 0.3 is 11.9 Å². The van der Waals surface area contributed by atoms with Crippen LogP contribution in [0, 0.1) is 5.92 Å². The summed E-state index contributed by atoms with van der Waals surface area (Å²) in [6, 6.07) is 4.54. The molecule has 1 aliphatic carbocycles. The van der Waals surface area contributed by atoms with E-state index in [-0.39, 0.29) is 0 Å². The second kappa shape index (κ2) is 8.21. The van der Waals surface area contributed by atoms with E-state index in [4.69, 9.17) is 26.2 Å². The van der Waals surface area contributed by atoms with Crippen molar-refractivity contribution in [1.82, 2.24) is 4.98 Å². The van der Waals surface area contributed by atoms with Crippen LogP contribution < -0.4 is 10.6 Å². The fourth-order valence-corrected chi connectivity index (χ4v) is 3.09. The number of carbonyl (C=O) groups is 3. The van der Waals surface area contributed by atoms with Gasteiger partial charge in [-0.3, -0.25) is 4.79 Å². The number of pyridine rings is 1. The number of carbonyl (C=O) groups excluding carboxylic acids is 1. The van der Waals surface area contributed by atoms with Crippen molar-refractivity contribution in [1.29, 1.82) is 0 Å². The smallest absolute Gasteiger partial charge is 0.335 e. The Balaban J connectivity index is 0.000000213. The maximum Gasteiger partial charge on any atom is 0.335 e. The number of aliphatic carboxylic acids is 2. The molecule has 5 atom stereocenters. The molecule has 10 nitrogen and oxygen atoms in total. The molecule has 6 N–H and O–H groups in total. The van der Waals surface area contributed by atoms with Crippen LogP contribution in [0.1, 0.15) is 23.2 Å². The maximum atomic E-state index is 11.0. The quantitative estimate of drug-likeness (QED) is 0.380. The maximum absolute atomic E-state index is 11.0. The first-order chi connectivity index (χ1) is 12.3. The normalized spacial score (nSPS) is 25.3. The molecule has 2 aliphatic rings. The van der Waals surface area contributed by atoms with Crippen LogP contribution in [0.2, 0.25) is 0 Å². The zero-order valence-electron chi connectivity index (χ0n) is 13.8. The summed E-state index contributed by atoms with van der Waals surface area (Å²) < 4.78 is 0. The zero-order valence-corrected chi connectivity index (χ0v) is 13.8. The molecule has 0 spiro atoms. The minimum Gasteiger partial charge on any atom is -0.479 e. The van der Waals surface area contributed by atoms with Crippen molar-refractivity contribution in [2.24, 2.45) is 11.7 Å². The Morgan fingerprint density at radius 2 is 1.88 bits per heavy atom. The second-order valence-electron chi connectivity index (χ2n) is 6.20. The molecular formula is C16H21N3O7. The lowest BCUT2D eigenvalue weighted by Gasteiger charge is -2.28. The number of nitrogens with zero attached hydrogens (tertiary/aromatic N) is 2. The molecule has 0 amide bonds. The first-order valence-corrected chi connectivity index (χ1v) is 8.02. The number of hydrogen-bond acceptors (Lipinski definition) is 8. The molecule has 1 aromatic rings. The second-order valence-corrected chi connectivity index (χ2v) is 6.20. The highest BCUT2D eigenvalue weighted by Crippen LogP contribution is 2.49. The highest BCUT2D eigenvalue weighted by Gasteiger charge is 2.52. The number of nitrogens with two attached hydrogens (primary N) is 1. The van der Waals surface area contributed by atoms with E-state index in [1.165, 1.54) is 6.42 Å². The number of aromatic nitrogens is 1. The van der Waals surface area contributed by atoms with Crippen LogP contribution in [-0.4, -0.2) is 74.5 Å². The van der Waals surface area contributed by atoms with Crippen molar-refractivity contribution in [3.8, 4) is 0 Å². The summed E-state index contributed by atoms with van der Waals surface area (Å²) in [4.78, 5) is 37.1. The minimum atomic E-state index is -2.27. The van der Waals surface area contributed by atoms with Crippen molar-refractivity contribution in [3.63, 3.8) is 0 Å². The molecule has 1 saturated heterocycles. The number of carboxylic acid groups (broad SMARTS) is 2. The van der Waals surface area contributed by atoms with Crippen molar-refractivity contribution in [2.45, 2.75) is 37.1 Å². The van der Waals surface area contributed by atoms with E-state index in [9.17, 15) is 14.4 Å². The van der Waals surface area contributed by atoms with Crippen LogP contribution in [0.15, 0.2) is 18.3 Å². The van der Waals surface area contributed by atoms with Crippen molar-refractivity contribution in [2.75, 3.05) is 11.4 Å². The molecule has 1 saturated carbocycles. The Morgan fingerprint density at radius 1 is 1.27 bits per heavy atom. The highest BCUT2D eigenvalue weighted by molar-refractivity contribution is 5.83. The van der Waals surface area contributed by atoms with Gasteiger partial charge in [-0.1, -0.05) is 0 Å². The Morgan fingerprint density at radius 3 is 2.38 bits per heavy atom. The third-order valence-electron chi connectivity index (χ3n) is 4.48. The number of aliphatic hydroxyl groups is 2. The molecule has 0 radical (unpaired) electrons. The zero-order chi connectivity index (χ0) is 19.4. The van der Waals surface area contributed by atoms with Crippen LogP contribution in [0.3, 0.4) is 0 Å². The predicted molar refractivity (Wildman–Crippen MR) is 88.7 cm³/mol. The first-order valence-electron chi connectivity index (χ1n) is 8.02. The van der Waals surface area contributed by atoms with Crippen LogP contribution in [0.5, 0.6) is 0 Å². The third-order valence-corrected chi connectivity index (χ3v) is 4.48. The molecule has 2 fully saturated rings. The summed E-state index contributed by atoms with van der Waals surface area (Å²) in [5.74, 6) is -1.95. The summed E-state index contributed by atoms with van der Waals surface area (Å²) in [5.41, 5.74) is 6.45. The average Bonchev–Trinajstić information content (AvgIpc) is 3.30. The van der Waals surface area contributed by atoms with Gasteiger partial charge in [-0.15, -0.1) is 0 Å². The summed E-state index contributed by atoms with van der Waals surface area (Å²) in [5, 5.41) is 32.5. The number of hydrogen-bond donors (Lipinski definition) is 5. The van der Waals surface area contributed by atoms with Gasteiger partial charge in [-0.2, -0.15) is 0 Å². The van der Waals surface area contributed by atoms with Gasteiger partial charge in [0.05, 0.1) is 5.56 Å². The molecule has 142 valence electrons. The van der Waals surface area contributed by atoms with E-state index < -0.39 is 24.1 Å². The van der Waals surface area contributed by atoms with Gasteiger partial charge in [0.15, 0.2) is 18.5 Å². The van der Waals surface area contributed by atoms with Gasteiger partial charge in [0.2, 0.25) is 0 Å². The van der Waals surface area contributed by atoms with Crippen molar-refractivity contribution in [3.05, 3.63) is 23.9 Å². The van der Waals surface area contributed by atoms with Gasteiger partial charge in [-0.05, 0) is 30.9 Å². The molecular weight excluding hydrogens is 346 g/mol. The molecule has 10 heteroatoms. The van der Waals surface area contributed by atoms with Gasteiger partial charge in [-0.25, -0.2) is 14.6 Å². The van der Waals surface area contributed by atoms with Gasteiger partial charge in [0.1, 0.15) is 5.82 Å². The fourth-order valence-electron chi connectivity index (χ4n) is 3.09. The lowest BCUT2D eigenvalue weighted by Crippen LogP contribution is -2.39. The Bertz CT molecular complexity index is 666. The number of rotatable bonds is 6. The number of anilines is 1. The number of aliphatic hydroxyl groups excluding tert-OH is 2. The van der Waals surface area contributed by atoms with E-state index in [0.29, 0.717) is 24.2 Å². The molecule has 0 aromatic carbocycles. The number of fused-ring (bicyclic) bond motifs is 1. The average molecular weight is 367 g/mol.